The predicted molar refractivity (Wildman–Crippen MR) is 88.5 cm³/mol. The molecule has 1 N–H and O–H groups in total. The highest BCUT2D eigenvalue weighted by atomic mass is 32.1. The van der Waals surface area contributed by atoms with E-state index in [9.17, 15) is 0 Å². The molecule has 2 atom stereocenters. The number of nitrogens with one attached hydrogen (secondary N) is 1. The van der Waals surface area contributed by atoms with Crippen molar-refractivity contribution in [3.63, 3.8) is 0 Å². The van der Waals surface area contributed by atoms with E-state index in [2.05, 4.69) is 46.6 Å². The Bertz CT molecular complexity index is 413. The monoisotopic (exact) mass is 293 g/mol. The van der Waals surface area contributed by atoms with E-state index >= 15 is 0 Å². The molecule has 0 amide bonds. The highest BCUT2D eigenvalue weighted by molar-refractivity contribution is 7.09. The maximum Gasteiger partial charge on any atom is 0.193 e. The van der Waals surface area contributed by atoms with Crippen molar-refractivity contribution in [2.45, 2.75) is 33.1 Å². The van der Waals surface area contributed by atoms with Crippen molar-refractivity contribution in [2.75, 3.05) is 26.7 Å². The summed E-state index contributed by atoms with van der Waals surface area (Å²) >= 11 is 1.85. The van der Waals surface area contributed by atoms with E-state index in [0.29, 0.717) is 5.92 Å². The van der Waals surface area contributed by atoms with Crippen LogP contribution in [0.3, 0.4) is 0 Å². The number of guanidine groups is 1. The van der Waals surface area contributed by atoms with Crippen molar-refractivity contribution in [1.82, 2.24) is 10.2 Å². The van der Waals surface area contributed by atoms with Crippen LogP contribution in [0.1, 0.15) is 31.6 Å². The number of thiophene rings is 1. The minimum absolute atomic E-state index is 0.632. The number of rotatable bonds is 4. The quantitative estimate of drug-likeness (QED) is 0.682. The second-order valence-corrected chi connectivity index (χ2v) is 7.04. The highest BCUT2D eigenvalue weighted by Gasteiger charge is 2.19. The number of nitrogens with zero attached hydrogens (tertiary/aromatic N) is 2. The van der Waals surface area contributed by atoms with Gasteiger partial charge in [-0.3, -0.25) is 4.99 Å². The summed E-state index contributed by atoms with van der Waals surface area (Å²) in [5.41, 5.74) is 0. The third-order valence-electron chi connectivity index (χ3n) is 3.91. The first-order valence-corrected chi connectivity index (χ1v) is 8.55. The van der Waals surface area contributed by atoms with Crippen LogP contribution in [-0.4, -0.2) is 37.5 Å². The van der Waals surface area contributed by atoms with Gasteiger partial charge in [0.05, 0.1) is 0 Å². The van der Waals surface area contributed by atoms with Gasteiger partial charge in [-0.05, 0) is 42.5 Å². The van der Waals surface area contributed by atoms with Crippen molar-refractivity contribution in [3.8, 4) is 0 Å². The molecule has 4 heteroatoms. The number of hydrogen-bond acceptors (Lipinski definition) is 2. The van der Waals surface area contributed by atoms with Crippen molar-refractivity contribution in [2.24, 2.45) is 16.8 Å². The number of hydrogen-bond donors (Lipinski definition) is 1. The van der Waals surface area contributed by atoms with Crippen LogP contribution in [0.25, 0.3) is 0 Å². The van der Waals surface area contributed by atoms with Gasteiger partial charge in [0.25, 0.3) is 0 Å². The highest BCUT2D eigenvalue weighted by Crippen LogP contribution is 2.16. The zero-order chi connectivity index (χ0) is 14.4. The summed E-state index contributed by atoms with van der Waals surface area (Å²) in [6.07, 6.45) is 3.78. The Kier molecular flexibility index (Phi) is 5.89. The Hall–Kier alpha value is -1.03. The molecule has 1 aliphatic heterocycles. The molecule has 0 aliphatic carbocycles. The lowest BCUT2D eigenvalue weighted by Crippen LogP contribution is -2.47. The zero-order valence-electron chi connectivity index (χ0n) is 12.9. The smallest absolute Gasteiger partial charge is 0.193 e. The van der Waals surface area contributed by atoms with E-state index in [1.54, 1.807) is 0 Å². The molecule has 0 radical (unpaired) electrons. The Balaban J connectivity index is 1.78. The fourth-order valence-corrected chi connectivity index (χ4v) is 3.69. The van der Waals surface area contributed by atoms with E-state index in [0.717, 1.165) is 37.9 Å². The summed E-state index contributed by atoms with van der Waals surface area (Å²) in [5.74, 6) is 2.49. The van der Waals surface area contributed by atoms with Gasteiger partial charge in [0.1, 0.15) is 0 Å². The third kappa shape index (κ3) is 4.51. The maximum atomic E-state index is 4.45. The normalized spacial score (nSPS) is 21.9. The Labute approximate surface area is 127 Å². The first kappa shape index (κ1) is 15.4. The number of piperidine rings is 1. The van der Waals surface area contributed by atoms with E-state index in [1.165, 1.54) is 17.7 Å². The molecule has 2 unspecified atom stereocenters. The molecule has 0 saturated carbocycles. The molecule has 2 rings (SSSR count). The molecule has 0 aromatic carbocycles. The molecule has 0 bridgehead atoms. The molecule has 0 spiro atoms. The summed E-state index contributed by atoms with van der Waals surface area (Å²) in [7, 11) is 1.89. The van der Waals surface area contributed by atoms with Crippen LogP contribution < -0.4 is 5.32 Å². The maximum absolute atomic E-state index is 4.45. The number of likely N-dealkylation sites (tertiary alicyclic amines) is 1. The lowest BCUT2D eigenvalue weighted by Gasteiger charge is -2.34. The van der Waals surface area contributed by atoms with Gasteiger partial charge in [-0.25, -0.2) is 0 Å². The average Bonchev–Trinajstić information content (AvgIpc) is 2.92. The van der Waals surface area contributed by atoms with E-state index in [1.807, 2.05) is 18.4 Å². The van der Waals surface area contributed by atoms with Gasteiger partial charge in [-0.1, -0.05) is 19.9 Å². The van der Waals surface area contributed by atoms with Crippen LogP contribution in [0, 0.1) is 11.8 Å². The van der Waals surface area contributed by atoms with Crippen LogP contribution >= 0.6 is 11.3 Å². The van der Waals surface area contributed by atoms with Gasteiger partial charge in [0, 0.05) is 31.6 Å². The molecule has 112 valence electrons. The van der Waals surface area contributed by atoms with Crippen LogP contribution in [0.5, 0.6) is 0 Å². The predicted octanol–water partition coefficient (Wildman–Crippen LogP) is 3.23. The average molecular weight is 293 g/mol. The van der Waals surface area contributed by atoms with Crippen LogP contribution in [0.15, 0.2) is 22.5 Å². The molecule has 1 saturated heterocycles. The van der Waals surface area contributed by atoms with Gasteiger partial charge in [0.2, 0.25) is 0 Å². The molecule has 20 heavy (non-hydrogen) atoms. The van der Waals surface area contributed by atoms with Crippen LogP contribution in [0.2, 0.25) is 0 Å². The standard InChI is InChI=1S/C16H27N3S/c1-13-6-4-8-19(12-13)16(17-3)18-11-14(2)10-15-7-5-9-20-15/h5,7,9,13-14H,4,6,8,10-12H2,1-3H3,(H,17,18). The van der Waals surface area contributed by atoms with E-state index in [-0.39, 0.29) is 0 Å². The van der Waals surface area contributed by atoms with Crippen LogP contribution in [0.4, 0.5) is 0 Å². The molecular formula is C16H27N3S. The Morgan fingerprint density at radius 3 is 3.10 bits per heavy atom. The summed E-state index contributed by atoms with van der Waals surface area (Å²) in [4.78, 5) is 8.33. The first-order valence-electron chi connectivity index (χ1n) is 7.67. The minimum atomic E-state index is 0.632. The summed E-state index contributed by atoms with van der Waals surface area (Å²) in [5, 5.41) is 5.71. The fraction of sp³-hybridized carbons (Fsp3) is 0.688. The number of aliphatic imine (C=N–C) groups is 1. The van der Waals surface area contributed by atoms with E-state index in [4.69, 9.17) is 0 Å². The van der Waals surface area contributed by atoms with Gasteiger partial charge in [0.15, 0.2) is 5.96 Å². The van der Waals surface area contributed by atoms with Gasteiger partial charge in [-0.2, -0.15) is 0 Å². The summed E-state index contributed by atoms with van der Waals surface area (Å²) < 4.78 is 0. The van der Waals surface area contributed by atoms with Crippen molar-refractivity contribution < 1.29 is 0 Å². The second-order valence-electron chi connectivity index (χ2n) is 6.01. The van der Waals surface area contributed by atoms with Gasteiger partial charge in [-0.15, -0.1) is 11.3 Å². The molecule has 1 aromatic rings. The van der Waals surface area contributed by atoms with E-state index < -0.39 is 0 Å². The molecular weight excluding hydrogens is 266 g/mol. The van der Waals surface area contributed by atoms with Crippen molar-refractivity contribution in [1.29, 1.82) is 0 Å². The topological polar surface area (TPSA) is 27.6 Å². The molecule has 1 aromatic heterocycles. The second kappa shape index (κ2) is 7.67. The summed E-state index contributed by atoms with van der Waals surface area (Å²) in [6, 6.07) is 4.36. The minimum Gasteiger partial charge on any atom is -0.356 e. The fourth-order valence-electron chi connectivity index (χ4n) is 2.82. The van der Waals surface area contributed by atoms with Crippen molar-refractivity contribution in [3.05, 3.63) is 22.4 Å². The Morgan fingerprint density at radius 1 is 1.60 bits per heavy atom. The molecule has 3 nitrogen and oxygen atoms in total. The van der Waals surface area contributed by atoms with Crippen LogP contribution in [-0.2, 0) is 6.42 Å². The largest absolute Gasteiger partial charge is 0.356 e. The van der Waals surface area contributed by atoms with Gasteiger partial charge < -0.3 is 10.2 Å². The summed E-state index contributed by atoms with van der Waals surface area (Å²) in [6.45, 7) is 7.91. The lowest BCUT2D eigenvalue weighted by atomic mass is 10.0. The SMILES string of the molecule is CN=C(NCC(C)Cc1cccs1)N1CCCC(C)C1. The molecule has 1 aliphatic rings. The molecule has 2 heterocycles. The zero-order valence-corrected chi connectivity index (χ0v) is 13.7. The van der Waals surface area contributed by atoms with Gasteiger partial charge >= 0.3 is 0 Å². The first-order chi connectivity index (χ1) is 9.69. The Morgan fingerprint density at radius 2 is 2.45 bits per heavy atom. The van der Waals surface area contributed by atoms with Crippen molar-refractivity contribution >= 4 is 17.3 Å². The lowest BCUT2D eigenvalue weighted by molar-refractivity contribution is 0.265. The third-order valence-corrected chi connectivity index (χ3v) is 4.81. The molecule has 1 fully saturated rings.